The Labute approximate surface area is 125 Å². The Morgan fingerprint density at radius 3 is 3.15 bits per heavy atom. The van der Waals surface area contributed by atoms with Crippen LogP contribution in [0, 0.1) is 5.92 Å². The van der Waals surface area contributed by atoms with Crippen LogP contribution in [0.1, 0.15) is 18.4 Å². The minimum absolute atomic E-state index is 0.270. The van der Waals surface area contributed by atoms with Crippen LogP contribution in [0.2, 0.25) is 5.02 Å². The molecule has 5 heteroatoms. The molecule has 2 aliphatic heterocycles. The van der Waals surface area contributed by atoms with E-state index >= 15 is 0 Å². The Kier molecular flexibility index (Phi) is 4.34. The Morgan fingerprint density at radius 1 is 1.40 bits per heavy atom. The highest BCUT2D eigenvalue weighted by atomic mass is 35.5. The van der Waals surface area contributed by atoms with Crippen LogP contribution in [0.3, 0.4) is 0 Å². The summed E-state index contributed by atoms with van der Waals surface area (Å²) in [5.74, 6) is 2.21. The Hall–Kier alpha value is -0.970. The average molecular weight is 297 g/mol. The van der Waals surface area contributed by atoms with Crippen molar-refractivity contribution in [3.05, 3.63) is 22.7 Å². The molecule has 1 fully saturated rings. The summed E-state index contributed by atoms with van der Waals surface area (Å²) in [5, 5.41) is 3.93. The number of piperidine rings is 1. The summed E-state index contributed by atoms with van der Waals surface area (Å²) < 4.78 is 10.8. The Bertz CT molecular complexity index is 479. The van der Waals surface area contributed by atoms with Crippen LogP contribution in [0.15, 0.2) is 12.1 Å². The molecule has 110 valence electrons. The van der Waals surface area contributed by atoms with Gasteiger partial charge in [0.25, 0.3) is 0 Å². The molecule has 1 aromatic carbocycles. The van der Waals surface area contributed by atoms with Crippen LogP contribution in [0.4, 0.5) is 0 Å². The van der Waals surface area contributed by atoms with E-state index in [1.165, 1.54) is 18.4 Å². The predicted molar refractivity (Wildman–Crippen MR) is 79.5 cm³/mol. The molecule has 1 saturated heterocycles. The molecule has 0 aliphatic carbocycles. The van der Waals surface area contributed by atoms with E-state index in [4.69, 9.17) is 21.1 Å². The van der Waals surface area contributed by atoms with Gasteiger partial charge in [0.15, 0.2) is 11.5 Å². The van der Waals surface area contributed by atoms with Gasteiger partial charge in [-0.05, 0) is 56.6 Å². The number of fused-ring (bicyclic) bond motifs is 1. The van der Waals surface area contributed by atoms with Gasteiger partial charge in [-0.2, -0.15) is 0 Å². The molecule has 1 atom stereocenters. The summed E-state index contributed by atoms with van der Waals surface area (Å²) in [7, 11) is 2.02. The van der Waals surface area contributed by atoms with Gasteiger partial charge in [0.05, 0.1) is 5.02 Å². The molecule has 2 aliphatic rings. The van der Waals surface area contributed by atoms with Gasteiger partial charge < -0.3 is 14.8 Å². The molecule has 0 spiro atoms. The van der Waals surface area contributed by atoms with E-state index in [0.717, 1.165) is 37.8 Å². The first-order valence-electron chi connectivity index (χ1n) is 7.21. The van der Waals surface area contributed by atoms with E-state index in [0.29, 0.717) is 10.8 Å². The van der Waals surface area contributed by atoms with Gasteiger partial charge in [0, 0.05) is 13.1 Å². The SMILES string of the molecule is CNCC1CCCN(Cc2cc(Cl)c3c(c2)OCO3)C1. The number of nitrogens with one attached hydrogen (secondary N) is 1. The summed E-state index contributed by atoms with van der Waals surface area (Å²) >= 11 is 6.24. The first-order chi connectivity index (χ1) is 9.76. The summed E-state index contributed by atoms with van der Waals surface area (Å²) in [6.45, 7) is 4.60. The molecular weight excluding hydrogens is 276 g/mol. The van der Waals surface area contributed by atoms with E-state index in [1.807, 2.05) is 13.1 Å². The molecule has 20 heavy (non-hydrogen) atoms. The molecule has 1 aromatic rings. The highest BCUT2D eigenvalue weighted by molar-refractivity contribution is 6.32. The fourth-order valence-electron chi connectivity index (χ4n) is 3.12. The van der Waals surface area contributed by atoms with Gasteiger partial charge in [0.1, 0.15) is 0 Å². The van der Waals surface area contributed by atoms with E-state index in [9.17, 15) is 0 Å². The average Bonchev–Trinajstić information content (AvgIpc) is 2.88. The maximum atomic E-state index is 6.24. The molecule has 0 radical (unpaired) electrons. The largest absolute Gasteiger partial charge is 0.454 e. The summed E-state index contributed by atoms with van der Waals surface area (Å²) in [6.07, 6.45) is 2.59. The van der Waals surface area contributed by atoms with E-state index < -0.39 is 0 Å². The van der Waals surface area contributed by atoms with Gasteiger partial charge in [-0.1, -0.05) is 11.6 Å². The van der Waals surface area contributed by atoms with Crippen molar-refractivity contribution in [2.24, 2.45) is 5.92 Å². The van der Waals surface area contributed by atoms with Crippen LogP contribution in [0.25, 0.3) is 0 Å². The monoisotopic (exact) mass is 296 g/mol. The smallest absolute Gasteiger partial charge is 0.231 e. The van der Waals surface area contributed by atoms with Crippen molar-refractivity contribution < 1.29 is 9.47 Å². The van der Waals surface area contributed by atoms with Gasteiger partial charge >= 0.3 is 0 Å². The highest BCUT2D eigenvalue weighted by Gasteiger charge is 2.22. The van der Waals surface area contributed by atoms with Crippen molar-refractivity contribution in [1.29, 1.82) is 0 Å². The number of ether oxygens (including phenoxy) is 2. The van der Waals surface area contributed by atoms with Crippen molar-refractivity contribution in [2.45, 2.75) is 19.4 Å². The first kappa shape index (κ1) is 14.0. The molecule has 0 bridgehead atoms. The quantitative estimate of drug-likeness (QED) is 0.926. The first-order valence-corrected chi connectivity index (χ1v) is 7.59. The number of hydrogen-bond acceptors (Lipinski definition) is 4. The third-order valence-corrected chi connectivity index (χ3v) is 4.27. The summed E-state index contributed by atoms with van der Waals surface area (Å²) in [5.41, 5.74) is 1.20. The molecule has 1 N–H and O–H groups in total. The van der Waals surface area contributed by atoms with Crippen LogP contribution in [-0.4, -0.2) is 38.4 Å². The number of benzene rings is 1. The van der Waals surface area contributed by atoms with Crippen LogP contribution in [-0.2, 0) is 6.54 Å². The lowest BCUT2D eigenvalue weighted by molar-refractivity contribution is 0.166. The van der Waals surface area contributed by atoms with Gasteiger partial charge in [0.2, 0.25) is 6.79 Å². The third-order valence-electron chi connectivity index (χ3n) is 3.99. The maximum Gasteiger partial charge on any atom is 0.231 e. The standard InChI is InChI=1S/C15H21ClN2O2/c1-17-7-11-3-2-4-18(8-11)9-12-5-13(16)15-14(6-12)19-10-20-15/h5-6,11,17H,2-4,7-10H2,1H3. The lowest BCUT2D eigenvalue weighted by atomic mass is 9.97. The molecule has 1 unspecified atom stereocenters. The number of rotatable bonds is 4. The number of halogens is 1. The van der Waals surface area contributed by atoms with Gasteiger partial charge in [-0.3, -0.25) is 4.90 Å². The lowest BCUT2D eigenvalue weighted by Crippen LogP contribution is -2.38. The van der Waals surface area contributed by atoms with Gasteiger partial charge in [-0.25, -0.2) is 0 Å². The second-order valence-electron chi connectivity index (χ2n) is 5.61. The van der Waals surface area contributed by atoms with Crippen LogP contribution < -0.4 is 14.8 Å². The topological polar surface area (TPSA) is 33.7 Å². The fraction of sp³-hybridized carbons (Fsp3) is 0.600. The summed E-state index contributed by atoms with van der Waals surface area (Å²) in [4.78, 5) is 2.50. The third kappa shape index (κ3) is 3.03. The molecule has 4 nitrogen and oxygen atoms in total. The van der Waals surface area contributed by atoms with Crippen molar-refractivity contribution in [2.75, 3.05) is 33.5 Å². The maximum absolute atomic E-state index is 6.24. The van der Waals surface area contributed by atoms with E-state index in [-0.39, 0.29) is 6.79 Å². The molecule has 2 heterocycles. The Morgan fingerprint density at radius 2 is 2.30 bits per heavy atom. The van der Waals surface area contributed by atoms with E-state index in [1.54, 1.807) is 0 Å². The molecule has 0 amide bonds. The second kappa shape index (κ2) is 6.20. The van der Waals surface area contributed by atoms with Crippen LogP contribution in [0.5, 0.6) is 11.5 Å². The zero-order valence-electron chi connectivity index (χ0n) is 11.8. The van der Waals surface area contributed by atoms with Crippen molar-refractivity contribution >= 4 is 11.6 Å². The minimum atomic E-state index is 0.270. The molecule has 0 saturated carbocycles. The summed E-state index contributed by atoms with van der Waals surface area (Å²) in [6, 6.07) is 4.05. The van der Waals surface area contributed by atoms with Crippen molar-refractivity contribution in [1.82, 2.24) is 10.2 Å². The van der Waals surface area contributed by atoms with E-state index in [2.05, 4.69) is 16.3 Å². The lowest BCUT2D eigenvalue weighted by Gasteiger charge is -2.32. The number of hydrogen-bond donors (Lipinski definition) is 1. The van der Waals surface area contributed by atoms with Crippen molar-refractivity contribution in [3.8, 4) is 11.5 Å². The minimum Gasteiger partial charge on any atom is -0.454 e. The van der Waals surface area contributed by atoms with Crippen molar-refractivity contribution in [3.63, 3.8) is 0 Å². The molecule has 3 rings (SSSR count). The molecular formula is C15H21ClN2O2. The highest BCUT2D eigenvalue weighted by Crippen LogP contribution is 2.40. The van der Waals surface area contributed by atoms with Gasteiger partial charge in [-0.15, -0.1) is 0 Å². The second-order valence-corrected chi connectivity index (χ2v) is 6.02. The van der Waals surface area contributed by atoms with Crippen LogP contribution >= 0.6 is 11.6 Å². The zero-order valence-corrected chi connectivity index (χ0v) is 12.6. The molecule has 0 aromatic heterocycles. The number of likely N-dealkylation sites (tertiary alicyclic amines) is 1. The predicted octanol–water partition coefficient (Wildman–Crippen LogP) is 2.50. The number of nitrogens with zero attached hydrogens (tertiary/aromatic N) is 1. The Balaban J connectivity index is 1.67. The normalized spacial score (nSPS) is 22.2. The zero-order chi connectivity index (χ0) is 13.9. The fourth-order valence-corrected chi connectivity index (χ4v) is 3.41.